The Balaban J connectivity index is 3.96. The maximum absolute atomic E-state index is 4.26. The molecular weight excluding hydrogens is 134 g/mol. The van der Waals surface area contributed by atoms with Crippen LogP contribution in [0.2, 0.25) is 0 Å². The maximum atomic E-state index is 4.26. The lowest BCUT2D eigenvalue weighted by atomic mass is 9.90. The van der Waals surface area contributed by atoms with Crippen LogP contribution in [0.15, 0.2) is 17.3 Å². The van der Waals surface area contributed by atoms with Gasteiger partial charge in [-0.25, -0.2) is 0 Å². The molecule has 0 aromatic heterocycles. The number of aliphatic imine (C=N–C) groups is 1. The summed E-state index contributed by atoms with van der Waals surface area (Å²) in [6, 6.07) is 0. The first kappa shape index (κ1) is 10.4. The van der Waals surface area contributed by atoms with E-state index in [0.717, 1.165) is 6.42 Å². The van der Waals surface area contributed by atoms with Crippen LogP contribution in [0.5, 0.6) is 0 Å². The quantitative estimate of drug-likeness (QED) is 0.539. The van der Waals surface area contributed by atoms with Gasteiger partial charge in [0.05, 0.1) is 0 Å². The highest BCUT2D eigenvalue weighted by Crippen LogP contribution is 2.18. The van der Waals surface area contributed by atoms with Crippen molar-refractivity contribution in [3.8, 4) is 0 Å². The van der Waals surface area contributed by atoms with E-state index in [-0.39, 0.29) is 0 Å². The van der Waals surface area contributed by atoms with Gasteiger partial charge >= 0.3 is 0 Å². The third-order valence-corrected chi connectivity index (χ3v) is 1.23. The predicted octanol–water partition coefficient (Wildman–Crippen LogP) is 3.42. The van der Waals surface area contributed by atoms with Gasteiger partial charge in [0.15, 0.2) is 0 Å². The molecule has 0 amide bonds. The predicted molar refractivity (Wildman–Crippen MR) is 52.0 cm³/mol. The van der Waals surface area contributed by atoms with Crippen LogP contribution < -0.4 is 0 Å². The van der Waals surface area contributed by atoms with E-state index in [1.807, 2.05) is 19.2 Å². The maximum Gasteiger partial charge on any atom is 0.0224 e. The Labute approximate surface area is 70.2 Å². The van der Waals surface area contributed by atoms with Gasteiger partial charge in [-0.15, -0.1) is 0 Å². The van der Waals surface area contributed by atoms with Crippen molar-refractivity contribution in [3.63, 3.8) is 0 Å². The second kappa shape index (κ2) is 4.32. The third kappa shape index (κ3) is 7.31. The molecule has 1 nitrogen and oxygen atoms in total. The average molecular weight is 153 g/mol. The summed E-state index contributed by atoms with van der Waals surface area (Å²) in [5, 5.41) is 0. The summed E-state index contributed by atoms with van der Waals surface area (Å²) in [6.45, 7) is 10.7. The molecule has 0 aromatic carbocycles. The molecule has 0 heterocycles. The van der Waals surface area contributed by atoms with Crippen LogP contribution >= 0.6 is 0 Å². The van der Waals surface area contributed by atoms with Crippen LogP contribution in [0.4, 0.5) is 0 Å². The first-order valence-corrected chi connectivity index (χ1v) is 4.10. The molecule has 0 fully saturated rings. The standard InChI is InChI=1S/C10H19N/c1-6-7-11-9(2)8-10(3,4)5/h6-7H,8H2,1-5H3/b7-6-,11-9+. The highest BCUT2D eigenvalue weighted by molar-refractivity contribution is 5.82. The Kier molecular flexibility index (Phi) is 4.09. The molecule has 64 valence electrons. The van der Waals surface area contributed by atoms with Crippen molar-refractivity contribution in [1.29, 1.82) is 0 Å². The van der Waals surface area contributed by atoms with Crippen molar-refractivity contribution in [2.75, 3.05) is 0 Å². The van der Waals surface area contributed by atoms with E-state index in [1.165, 1.54) is 5.71 Å². The van der Waals surface area contributed by atoms with Gasteiger partial charge in [-0.05, 0) is 25.7 Å². The van der Waals surface area contributed by atoms with E-state index in [0.29, 0.717) is 5.41 Å². The number of allylic oxidation sites excluding steroid dienone is 1. The molecule has 0 aliphatic rings. The van der Waals surface area contributed by atoms with Gasteiger partial charge in [0.25, 0.3) is 0 Å². The molecule has 0 atom stereocenters. The van der Waals surface area contributed by atoms with E-state index in [9.17, 15) is 0 Å². The molecule has 0 saturated carbocycles. The second-order valence-corrected chi connectivity index (χ2v) is 4.08. The largest absolute Gasteiger partial charge is 0.266 e. The molecule has 0 N–H and O–H groups in total. The summed E-state index contributed by atoms with van der Waals surface area (Å²) >= 11 is 0. The number of hydrogen-bond donors (Lipinski definition) is 0. The SMILES string of the molecule is C/C=C\N=C(/C)CC(C)(C)C. The van der Waals surface area contributed by atoms with Crippen LogP contribution in [0.25, 0.3) is 0 Å². The summed E-state index contributed by atoms with van der Waals surface area (Å²) in [5.41, 5.74) is 1.56. The van der Waals surface area contributed by atoms with Crippen LogP contribution in [-0.2, 0) is 0 Å². The van der Waals surface area contributed by atoms with E-state index < -0.39 is 0 Å². The summed E-state index contributed by atoms with van der Waals surface area (Å²) in [4.78, 5) is 4.26. The van der Waals surface area contributed by atoms with Gasteiger partial charge in [-0.2, -0.15) is 0 Å². The molecular formula is C10H19N. The fourth-order valence-electron chi connectivity index (χ4n) is 1.01. The highest BCUT2D eigenvalue weighted by Gasteiger charge is 2.10. The minimum absolute atomic E-state index is 0.356. The van der Waals surface area contributed by atoms with Crippen LogP contribution in [0.3, 0.4) is 0 Å². The molecule has 0 aliphatic carbocycles. The Morgan fingerprint density at radius 2 is 1.91 bits per heavy atom. The Bertz CT molecular complexity index is 158. The van der Waals surface area contributed by atoms with Crippen molar-refractivity contribution >= 4 is 5.71 Å². The Morgan fingerprint density at radius 3 is 2.27 bits per heavy atom. The number of rotatable bonds is 2. The Morgan fingerprint density at radius 1 is 1.36 bits per heavy atom. The summed E-state index contributed by atoms with van der Waals surface area (Å²) in [5.74, 6) is 0. The molecule has 0 bridgehead atoms. The van der Waals surface area contributed by atoms with E-state index in [2.05, 4.69) is 32.7 Å². The minimum Gasteiger partial charge on any atom is -0.266 e. The monoisotopic (exact) mass is 153 g/mol. The molecule has 0 radical (unpaired) electrons. The molecule has 0 aliphatic heterocycles. The normalized spacial score (nSPS) is 14.5. The van der Waals surface area contributed by atoms with Crippen molar-refractivity contribution in [2.45, 2.75) is 41.0 Å². The van der Waals surface area contributed by atoms with E-state index in [4.69, 9.17) is 0 Å². The molecule has 0 saturated heterocycles. The minimum atomic E-state index is 0.356. The van der Waals surface area contributed by atoms with E-state index >= 15 is 0 Å². The lowest BCUT2D eigenvalue weighted by Crippen LogP contribution is -2.09. The second-order valence-electron chi connectivity index (χ2n) is 4.08. The fourth-order valence-corrected chi connectivity index (χ4v) is 1.01. The van der Waals surface area contributed by atoms with Gasteiger partial charge in [0, 0.05) is 11.9 Å². The van der Waals surface area contributed by atoms with Crippen molar-refractivity contribution in [3.05, 3.63) is 12.3 Å². The average Bonchev–Trinajstić information content (AvgIpc) is 1.79. The van der Waals surface area contributed by atoms with Crippen molar-refractivity contribution in [2.24, 2.45) is 10.4 Å². The zero-order valence-electron chi connectivity index (χ0n) is 8.31. The number of hydrogen-bond acceptors (Lipinski definition) is 1. The van der Waals surface area contributed by atoms with Crippen LogP contribution in [0.1, 0.15) is 41.0 Å². The molecule has 0 unspecified atom stereocenters. The molecule has 1 heteroatoms. The highest BCUT2D eigenvalue weighted by atomic mass is 14.7. The first-order valence-electron chi connectivity index (χ1n) is 4.10. The zero-order valence-corrected chi connectivity index (χ0v) is 8.31. The van der Waals surface area contributed by atoms with Crippen molar-refractivity contribution < 1.29 is 0 Å². The fraction of sp³-hybridized carbons (Fsp3) is 0.700. The number of nitrogens with zero attached hydrogens (tertiary/aromatic N) is 1. The smallest absolute Gasteiger partial charge is 0.0224 e. The lowest BCUT2D eigenvalue weighted by Gasteiger charge is -2.16. The molecule has 0 spiro atoms. The zero-order chi connectivity index (χ0) is 8.91. The van der Waals surface area contributed by atoms with Crippen molar-refractivity contribution in [1.82, 2.24) is 0 Å². The van der Waals surface area contributed by atoms with Crippen LogP contribution in [-0.4, -0.2) is 5.71 Å². The molecule has 11 heavy (non-hydrogen) atoms. The Hall–Kier alpha value is -0.590. The van der Waals surface area contributed by atoms with Gasteiger partial charge in [-0.3, -0.25) is 4.99 Å². The summed E-state index contributed by atoms with van der Waals surface area (Å²) < 4.78 is 0. The molecule has 0 aromatic rings. The van der Waals surface area contributed by atoms with E-state index in [1.54, 1.807) is 0 Å². The summed E-state index contributed by atoms with van der Waals surface area (Å²) in [6.07, 6.45) is 4.87. The first-order chi connectivity index (χ1) is 4.95. The lowest BCUT2D eigenvalue weighted by molar-refractivity contribution is 0.433. The molecule has 0 rings (SSSR count). The van der Waals surface area contributed by atoms with Gasteiger partial charge in [0.1, 0.15) is 0 Å². The van der Waals surface area contributed by atoms with Gasteiger partial charge in [-0.1, -0.05) is 26.8 Å². The topological polar surface area (TPSA) is 12.4 Å². The van der Waals surface area contributed by atoms with Gasteiger partial charge in [0.2, 0.25) is 0 Å². The van der Waals surface area contributed by atoms with Gasteiger partial charge < -0.3 is 0 Å². The van der Waals surface area contributed by atoms with Crippen LogP contribution in [0, 0.1) is 5.41 Å². The third-order valence-electron chi connectivity index (χ3n) is 1.23. The summed E-state index contributed by atoms with van der Waals surface area (Å²) in [7, 11) is 0.